The van der Waals surface area contributed by atoms with Crippen molar-refractivity contribution < 1.29 is 14.3 Å². The van der Waals surface area contributed by atoms with Crippen molar-refractivity contribution in [2.75, 3.05) is 6.61 Å². The Bertz CT molecular complexity index is 1090. The normalized spacial score (nSPS) is 12.6. The van der Waals surface area contributed by atoms with E-state index >= 15 is 0 Å². The standard InChI is InChI=1S/C34H46N2O3/c1-5-7-8-9-10-11-12-13-28-14-16-30(17-15-28)34-35-23-31(24-36-34)29-18-20-32(21-19-29)38-25-27(4)39-33(37)22-26(3)6-2/h14-21,23-24,26-27H,5-13,22,25H2,1-4H3. The van der Waals surface area contributed by atoms with Gasteiger partial charge in [-0.2, -0.15) is 0 Å². The summed E-state index contributed by atoms with van der Waals surface area (Å²) in [6.45, 7) is 8.56. The molecule has 0 aliphatic carbocycles. The first kappa shape index (κ1) is 30.3. The zero-order valence-corrected chi connectivity index (χ0v) is 24.3. The second kappa shape index (κ2) is 16.7. The lowest BCUT2D eigenvalue weighted by Gasteiger charge is -2.16. The van der Waals surface area contributed by atoms with Crippen molar-refractivity contribution >= 4 is 5.97 Å². The Morgan fingerprint density at radius 2 is 1.38 bits per heavy atom. The van der Waals surface area contributed by atoms with Crippen molar-refractivity contribution in [1.82, 2.24) is 9.97 Å². The Hall–Kier alpha value is -3.21. The Labute approximate surface area is 235 Å². The first-order valence-electron chi connectivity index (χ1n) is 14.8. The van der Waals surface area contributed by atoms with E-state index in [1.54, 1.807) is 0 Å². The quantitative estimate of drug-likeness (QED) is 0.129. The Balaban J connectivity index is 1.44. The lowest BCUT2D eigenvalue weighted by Crippen LogP contribution is -2.22. The minimum atomic E-state index is -0.295. The van der Waals surface area contributed by atoms with Gasteiger partial charge in [-0.15, -0.1) is 0 Å². The fourth-order valence-corrected chi connectivity index (χ4v) is 4.43. The number of ether oxygens (including phenoxy) is 2. The minimum absolute atomic E-state index is 0.168. The number of hydrogen-bond acceptors (Lipinski definition) is 5. The molecule has 210 valence electrons. The van der Waals surface area contributed by atoms with Gasteiger partial charge in [0.25, 0.3) is 0 Å². The van der Waals surface area contributed by atoms with E-state index in [9.17, 15) is 4.79 Å². The zero-order chi connectivity index (χ0) is 27.9. The van der Waals surface area contributed by atoms with Gasteiger partial charge in [0.2, 0.25) is 0 Å². The SMILES string of the molecule is CCCCCCCCCc1ccc(-c2ncc(-c3ccc(OCC(C)OC(=O)CC(C)CC)cc3)cn2)cc1. The second-order valence-electron chi connectivity index (χ2n) is 10.7. The van der Waals surface area contributed by atoms with E-state index in [1.807, 2.05) is 43.6 Å². The molecule has 0 amide bonds. The molecule has 0 aliphatic rings. The molecule has 3 aromatic rings. The number of aryl methyl sites for hydroxylation is 1. The van der Waals surface area contributed by atoms with E-state index in [0.717, 1.165) is 41.1 Å². The lowest BCUT2D eigenvalue weighted by atomic mass is 10.0. The van der Waals surface area contributed by atoms with Crippen LogP contribution in [0.2, 0.25) is 0 Å². The van der Waals surface area contributed by atoms with Crippen LogP contribution in [-0.4, -0.2) is 28.6 Å². The Morgan fingerprint density at radius 1 is 0.769 bits per heavy atom. The van der Waals surface area contributed by atoms with Crippen LogP contribution in [0.5, 0.6) is 5.75 Å². The Morgan fingerprint density at radius 3 is 2.03 bits per heavy atom. The molecule has 0 saturated carbocycles. The number of carbonyl (C=O) groups is 1. The van der Waals surface area contributed by atoms with Crippen molar-refractivity contribution in [3.63, 3.8) is 0 Å². The number of rotatable bonds is 17. The van der Waals surface area contributed by atoms with Crippen LogP contribution in [0.3, 0.4) is 0 Å². The molecule has 2 aromatic carbocycles. The molecule has 0 saturated heterocycles. The van der Waals surface area contributed by atoms with Crippen molar-refractivity contribution in [3.05, 3.63) is 66.5 Å². The summed E-state index contributed by atoms with van der Waals surface area (Å²) >= 11 is 0. The molecule has 1 aromatic heterocycles. The van der Waals surface area contributed by atoms with Crippen LogP contribution in [-0.2, 0) is 16.0 Å². The summed E-state index contributed by atoms with van der Waals surface area (Å²) in [5, 5.41) is 0. The van der Waals surface area contributed by atoms with Gasteiger partial charge in [0, 0.05) is 29.9 Å². The maximum Gasteiger partial charge on any atom is 0.306 e. The van der Waals surface area contributed by atoms with Gasteiger partial charge in [-0.25, -0.2) is 9.97 Å². The number of esters is 1. The third-order valence-electron chi connectivity index (χ3n) is 7.15. The van der Waals surface area contributed by atoms with Crippen LogP contribution in [0.25, 0.3) is 22.5 Å². The molecule has 0 fully saturated rings. The van der Waals surface area contributed by atoms with Crippen LogP contribution in [0.15, 0.2) is 60.9 Å². The van der Waals surface area contributed by atoms with Gasteiger partial charge in [-0.3, -0.25) is 4.79 Å². The lowest BCUT2D eigenvalue weighted by molar-refractivity contribution is -0.150. The molecule has 1 heterocycles. The molecule has 0 bridgehead atoms. The molecule has 3 rings (SSSR count). The number of unbranched alkanes of at least 4 members (excludes halogenated alkanes) is 6. The fourth-order valence-electron chi connectivity index (χ4n) is 4.43. The van der Waals surface area contributed by atoms with E-state index in [0.29, 0.717) is 18.9 Å². The largest absolute Gasteiger partial charge is 0.490 e. The monoisotopic (exact) mass is 530 g/mol. The molecule has 2 unspecified atom stereocenters. The van der Waals surface area contributed by atoms with Crippen LogP contribution in [0.4, 0.5) is 0 Å². The van der Waals surface area contributed by atoms with E-state index < -0.39 is 0 Å². The number of hydrogen-bond donors (Lipinski definition) is 0. The van der Waals surface area contributed by atoms with Crippen molar-refractivity contribution in [1.29, 1.82) is 0 Å². The van der Waals surface area contributed by atoms with E-state index in [2.05, 4.69) is 55.0 Å². The van der Waals surface area contributed by atoms with Gasteiger partial charge in [0.05, 0.1) is 0 Å². The fraction of sp³-hybridized carbons (Fsp3) is 0.500. The van der Waals surface area contributed by atoms with E-state index in [1.165, 1.54) is 50.5 Å². The highest BCUT2D eigenvalue weighted by atomic mass is 16.6. The second-order valence-corrected chi connectivity index (χ2v) is 10.7. The number of carbonyl (C=O) groups excluding carboxylic acids is 1. The van der Waals surface area contributed by atoms with Gasteiger partial charge >= 0.3 is 5.97 Å². The number of benzene rings is 2. The molecule has 2 atom stereocenters. The highest BCUT2D eigenvalue weighted by Crippen LogP contribution is 2.24. The third-order valence-corrected chi connectivity index (χ3v) is 7.15. The highest BCUT2D eigenvalue weighted by Gasteiger charge is 2.13. The molecular formula is C34H46N2O3. The molecule has 0 N–H and O–H groups in total. The van der Waals surface area contributed by atoms with E-state index in [4.69, 9.17) is 9.47 Å². The molecule has 5 heteroatoms. The third kappa shape index (κ3) is 10.8. The number of nitrogens with zero attached hydrogens (tertiary/aromatic N) is 2. The zero-order valence-electron chi connectivity index (χ0n) is 24.3. The van der Waals surface area contributed by atoms with Crippen LogP contribution in [0.1, 0.15) is 91.0 Å². The van der Waals surface area contributed by atoms with Crippen molar-refractivity contribution in [2.45, 2.75) is 98.0 Å². The van der Waals surface area contributed by atoms with Crippen molar-refractivity contribution in [3.8, 4) is 28.3 Å². The average Bonchev–Trinajstić information content (AvgIpc) is 2.96. The Kier molecular flexibility index (Phi) is 13.0. The minimum Gasteiger partial charge on any atom is -0.490 e. The van der Waals surface area contributed by atoms with Gasteiger partial charge in [0.15, 0.2) is 5.82 Å². The van der Waals surface area contributed by atoms with Crippen LogP contribution >= 0.6 is 0 Å². The topological polar surface area (TPSA) is 61.3 Å². The summed E-state index contributed by atoms with van der Waals surface area (Å²) in [7, 11) is 0. The molecule has 0 aliphatic heterocycles. The van der Waals surface area contributed by atoms with Gasteiger partial charge in [-0.05, 0) is 48.9 Å². The maximum absolute atomic E-state index is 12.0. The smallest absolute Gasteiger partial charge is 0.306 e. The highest BCUT2D eigenvalue weighted by molar-refractivity contribution is 5.69. The average molecular weight is 531 g/mol. The van der Waals surface area contributed by atoms with Gasteiger partial charge in [0.1, 0.15) is 18.5 Å². The molecule has 39 heavy (non-hydrogen) atoms. The molecular weight excluding hydrogens is 484 g/mol. The molecule has 5 nitrogen and oxygen atoms in total. The molecule has 0 spiro atoms. The van der Waals surface area contributed by atoms with E-state index in [-0.39, 0.29) is 12.1 Å². The summed E-state index contributed by atoms with van der Waals surface area (Å²) in [5.41, 5.74) is 4.39. The predicted octanol–water partition coefficient (Wildman–Crippen LogP) is 8.85. The summed E-state index contributed by atoms with van der Waals surface area (Å²) in [6.07, 6.45) is 15.3. The number of aromatic nitrogens is 2. The van der Waals surface area contributed by atoms with Gasteiger partial charge in [-0.1, -0.05) is 102 Å². The van der Waals surface area contributed by atoms with Crippen molar-refractivity contribution in [2.24, 2.45) is 5.92 Å². The van der Waals surface area contributed by atoms with Gasteiger partial charge < -0.3 is 9.47 Å². The summed E-state index contributed by atoms with van der Waals surface area (Å²) in [4.78, 5) is 21.2. The summed E-state index contributed by atoms with van der Waals surface area (Å²) < 4.78 is 11.3. The van der Waals surface area contributed by atoms with Crippen LogP contribution < -0.4 is 4.74 Å². The maximum atomic E-state index is 12.0. The van der Waals surface area contributed by atoms with Crippen LogP contribution in [0, 0.1) is 5.92 Å². The predicted molar refractivity (Wildman–Crippen MR) is 160 cm³/mol. The summed E-state index contributed by atoms with van der Waals surface area (Å²) in [6, 6.07) is 16.5. The summed E-state index contributed by atoms with van der Waals surface area (Å²) in [5.74, 6) is 1.63. The first-order chi connectivity index (χ1) is 19.0. The molecule has 0 radical (unpaired) electrons. The first-order valence-corrected chi connectivity index (χ1v) is 14.8.